The topological polar surface area (TPSA) is 49.8 Å². The first-order valence-corrected chi connectivity index (χ1v) is 7.35. The monoisotopic (exact) mass is 317 g/mol. The Labute approximate surface area is 128 Å². The molecule has 110 valence electrons. The van der Waals surface area contributed by atoms with E-state index in [1.165, 1.54) is 0 Å². The first-order valence-electron chi connectivity index (χ1n) is 6.59. The van der Waals surface area contributed by atoms with Gasteiger partial charge in [-0.25, -0.2) is 0 Å². The number of aliphatic carboxylic acids is 1. The summed E-state index contributed by atoms with van der Waals surface area (Å²) >= 11 is 11.8. The second-order valence-corrected chi connectivity index (χ2v) is 5.68. The number of ether oxygens (including phenoxy) is 1. The van der Waals surface area contributed by atoms with E-state index >= 15 is 0 Å². The molecule has 1 saturated heterocycles. The minimum absolute atomic E-state index is 0.0133. The molecular formula is C14H17Cl2NO3. The minimum Gasteiger partial charge on any atom is -0.489 e. The minimum atomic E-state index is -0.775. The first-order chi connectivity index (χ1) is 9.51. The third kappa shape index (κ3) is 3.57. The lowest BCUT2D eigenvalue weighted by atomic mass is 10.2. The number of rotatable bonds is 5. The van der Waals surface area contributed by atoms with E-state index < -0.39 is 12.0 Å². The van der Waals surface area contributed by atoms with Gasteiger partial charge in [-0.15, -0.1) is 0 Å². The van der Waals surface area contributed by atoms with Gasteiger partial charge in [0.1, 0.15) is 17.9 Å². The van der Waals surface area contributed by atoms with Crippen molar-refractivity contribution in [3.63, 3.8) is 0 Å². The average molecular weight is 318 g/mol. The summed E-state index contributed by atoms with van der Waals surface area (Å²) < 4.78 is 5.84. The number of nitrogens with zero attached hydrogens (tertiary/aromatic N) is 1. The molecule has 1 aromatic rings. The normalized spacial score (nSPS) is 20.9. The molecule has 0 aliphatic carbocycles. The fourth-order valence-corrected chi connectivity index (χ4v) is 2.75. The molecule has 2 rings (SSSR count). The maximum Gasteiger partial charge on any atom is 0.320 e. The highest BCUT2D eigenvalue weighted by molar-refractivity contribution is 6.42. The van der Waals surface area contributed by atoms with Gasteiger partial charge in [-0.3, -0.25) is 9.69 Å². The lowest BCUT2D eigenvalue weighted by Crippen LogP contribution is -2.40. The van der Waals surface area contributed by atoms with Gasteiger partial charge in [0.05, 0.1) is 10.0 Å². The molecule has 1 fully saturated rings. The van der Waals surface area contributed by atoms with Gasteiger partial charge >= 0.3 is 5.97 Å². The third-order valence-corrected chi connectivity index (χ3v) is 4.22. The summed E-state index contributed by atoms with van der Waals surface area (Å²) in [6.45, 7) is 3.23. The summed E-state index contributed by atoms with van der Waals surface area (Å²) in [4.78, 5) is 13.1. The average Bonchev–Trinajstić information content (AvgIpc) is 2.82. The van der Waals surface area contributed by atoms with Crippen LogP contribution in [0, 0.1) is 0 Å². The van der Waals surface area contributed by atoms with Gasteiger partial charge in [-0.05, 0) is 25.0 Å². The fourth-order valence-electron chi connectivity index (χ4n) is 2.46. The predicted molar refractivity (Wildman–Crippen MR) is 78.8 cm³/mol. The Morgan fingerprint density at radius 3 is 2.85 bits per heavy atom. The first kappa shape index (κ1) is 15.4. The molecule has 6 heteroatoms. The Kier molecular flexibility index (Phi) is 5.13. The van der Waals surface area contributed by atoms with Crippen LogP contribution in [-0.4, -0.2) is 41.2 Å². The van der Waals surface area contributed by atoms with Gasteiger partial charge in [0, 0.05) is 19.2 Å². The molecule has 20 heavy (non-hydrogen) atoms. The molecule has 0 radical (unpaired) electrons. The fraction of sp³-hybridized carbons (Fsp3) is 0.500. The predicted octanol–water partition coefficient (Wildman–Crippen LogP) is 3.31. The van der Waals surface area contributed by atoms with Gasteiger partial charge in [0.15, 0.2) is 0 Å². The van der Waals surface area contributed by atoms with Crippen LogP contribution in [0.1, 0.15) is 19.8 Å². The van der Waals surface area contributed by atoms with E-state index in [1.54, 1.807) is 18.2 Å². The maximum absolute atomic E-state index is 11.2. The van der Waals surface area contributed by atoms with Crippen molar-refractivity contribution in [2.45, 2.75) is 31.9 Å². The van der Waals surface area contributed by atoms with Gasteiger partial charge in [0.2, 0.25) is 0 Å². The van der Waals surface area contributed by atoms with Crippen LogP contribution >= 0.6 is 23.2 Å². The Morgan fingerprint density at radius 1 is 1.50 bits per heavy atom. The maximum atomic E-state index is 11.2. The second-order valence-electron chi connectivity index (χ2n) is 4.86. The zero-order valence-electron chi connectivity index (χ0n) is 11.2. The molecular weight excluding hydrogens is 301 g/mol. The molecule has 0 amide bonds. The number of halogens is 2. The lowest BCUT2D eigenvalue weighted by Gasteiger charge is -2.22. The van der Waals surface area contributed by atoms with Crippen molar-refractivity contribution in [1.82, 2.24) is 4.90 Å². The molecule has 1 aromatic carbocycles. The summed E-state index contributed by atoms with van der Waals surface area (Å²) in [5.41, 5.74) is 0. The highest BCUT2D eigenvalue weighted by Gasteiger charge is 2.32. The zero-order valence-corrected chi connectivity index (χ0v) is 12.7. The number of carboxylic acids is 1. The smallest absolute Gasteiger partial charge is 0.320 e. The molecule has 2 atom stereocenters. The number of benzene rings is 1. The number of carboxylic acid groups (broad SMARTS) is 1. The largest absolute Gasteiger partial charge is 0.489 e. The van der Waals surface area contributed by atoms with Crippen molar-refractivity contribution in [1.29, 1.82) is 0 Å². The molecule has 0 saturated carbocycles. The SMILES string of the molecule is CCC(C(=O)O)N1CCC(Oc2ccc(Cl)c(Cl)c2)C1. The van der Waals surface area contributed by atoms with Crippen LogP contribution < -0.4 is 4.74 Å². The second kappa shape index (κ2) is 6.66. The van der Waals surface area contributed by atoms with Gasteiger partial charge in [-0.1, -0.05) is 30.1 Å². The molecule has 0 bridgehead atoms. The van der Waals surface area contributed by atoms with E-state index in [-0.39, 0.29) is 6.10 Å². The van der Waals surface area contributed by atoms with E-state index in [2.05, 4.69) is 0 Å². The Balaban J connectivity index is 1.96. The molecule has 0 aromatic heterocycles. The summed E-state index contributed by atoms with van der Waals surface area (Å²) in [7, 11) is 0. The summed E-state index contributed by atoms with van der Waals surface area (Å²) in [6.07, 6.45) is 1.39. The molecule has 1 aliphatic heterocycles. The quantitative estimate of drug-likeness (QED) is 0.905. The van der Waals surface area contributed by atoms with Gasteiger partial charge in [-0.2, -0.15) is 0 Å². The summed E-state index contributed by atoms with van der Waals surface area (Å²) in [5, 5.41) is 10.1. The van der Waals surface area contributed by atoms with E-state index in [1.807, 2.05) is 11.8 Å². The highest BCUT2D eigenvalue weighted by atomic mass is 35.5. The Hall–Kier alpha value is -0.970. The standard InChI is InChI=1S/C14H17Cl2NO3/c1-2-13(14(18)19)17-6-5-10(8-17)20-9-3-4-11(15)12(16)7-9/h3-4,7,10,13H,2,5-6,8H2,1H3,(H,18,19). The third-order valence-electron chi connectivity index (χ3n) is 3.48. The van der Waals surface area contributed by atoms with Gasteiger partial charge in [0.25, 0.3) is 0 Å². The molecule has 1 heterocycles. The van der Waals surface area contributed by atoms with Crippen LogP contribution in [0.2, 0.25) is 10.0 Å². The van der Waals surface area contributed by atoms with E-state index in [9.17, 15) is 4.79 Å². The number of hydrogen-bond donors (Lipinski definition) is 1. The molecule has 4 nitrogen and oxygen atoms in total. The molecule has 1 aliphatic rings. The zero-order chi connectivity index (χ0) is 14.7. The molecule has 2 unspecified atom stereocenters. The van der Waals surface area contributed by atoms with Crippen LogP contribution in [0.3, 0.4) is 0 Å². The van der Waals surface area contributed by atoms with Crippen molar-refractivity contribution < 1.29 is 14.6 Å². The van der Waals surface area contributed by atoms with Gasteiger partial charge < -0.3 is 9.84 Å². The lowest BCUT2D eigenvalue weighted by molar-refractivity contribution is -0.143. The molecule has 1 N–H and O–H groups in total. The Bertz CT molecular complexity index is 495. The van der Waals surface area contributed by atoms with E-state index in [0.29, 0.717) is 28.8 Å². The Morgan fingerprint density at radius 2 is 2.25 bits per heavy atom. The van der Waals surface area contributed by atoms with Crippen molar-refractivity contribution in [3.05, 3.63) is 28.2 Å². The summed E-state index contributed by atoms with van der Waals surface area (Å²) in [5.74, 6) is -0.114. The number of likely N-dealkylation sites (tertiary alicyclic amines) is 1. The van der Waals surface area contributed by atoms with E-state index in [4.69, 9.17) is 33.0 Å². The molecule has 0 spiro atoms. The van der Waals surface area contributed by atoms with Crippen LogP contribution in [0.5, 0.6) is 5.75 Å². The number of carbonyl (C=O) groups is 1. The summed E-state index contributed by atoms with van der Waals surface area (Å²) in [6, 6.07) is 4.71. The van der Waals surface area contributed by atoms with Crippen molar-refractivity contribution in [2.75, 3.05) is 13.1 Å². The number of hydrogen-bond acceptors (Lipinski definition) is 3. The van der Waals surface area contributed by atoms with Crippen LogP contribution in [-0.2, 0) is 4.79 Å². The van der Waals surface area contributed by atoms with Crippen LogP contribution in [0.15, 0.2) is 18.2 Å². The highest BCUT2D eigenvalue weighted by Crippen LogP contribution is 2.28. The van der Waals surface area contributed by atoms with Crippen molar-refractivity contribution >= 4 is 29.2 Å². The van der Waals surface area contributed by atoms with Crippen LogP contribution in [0.25, 0.3) is 0 Å². The van der Waals surface area contributed by atoms with E-state index in [0.717, 1.165) is 13.0 Å². The van der Waals surface area contributed by atoms with Crippen molar-refractivity contribution in [3.8, 4) is 5.75 Å². The van der Waals surface area contributed by atoms with Crippen LogP contribution in [0.4, 0.5) is 0 Å². The van der Waals surface area contributed by atoms with Crippen molar-refractivity contribution in [2.24, 2.45) is 0 Å².